The van der Waals surface area contributed by atoms with E-state index in [1.165, 1.54) is 96.3 Å². The van der Waals surface area contributed by atoms with Gasteiger partial charge in [0.15, 0.2) is 6.10 Å². The van der Waals surface area contributed by atoms with Crippen LogP contribution in [0, 0.1) is 5.92 Å². The maximum atomic E-state index is 12.1. The SMILES string of the molecule is CCC(C)CCCCCCCCCCCCCCCCCCC(=O)OC(CC(=O)[O-])C[N+](C)(C)C. The smallest absolute Gasteiger partial charge is 0.306 e. The number of likely N-dealkylation sites (N-methyl/N-ethyl adjacent to an activating group) is 1. The van der Waals surface area contributed by atoms with Crippen LogP contribution in [0.4, 0.5) is 0 Å². The molecule has 5 nitrogen and oxygen atoms in total. The van der Waals surface area contributed by atoms with Crippen molar-refractivity contribution in [2.24, 2.45) is 5.92 Å². The molecule has 0 aromatic rings. The third-order valence-electron chi connectivity index (χ3n) is 6.97. The molecule has 0 saturated carbocycles. The Morgan fingerprint density at radius 1 is 0.714 bits per heavy atom. The van der Waals surface area contributed by atoms with Crippen molar-refractivity contribution in [3.05, 3.63) is 0 Å². The molecule has 0 N–H and O–H groups in total. The van der Waals surface area contributed by atoms with Crippen molar-refractivity contribution >= 4 is 11.9 Å². The van der Waals surface area contributed by atoms with Crippen LogP contribution in [0.1, 0.15) is 142 Å². The van der Waals surface area contributed by atoms with E-state index >= 15 is 0 Å². The molecule has 0 bridgehead atoms. The third-order valence-corrected chi connectivity index (χ3v) is 6.97. The van der Waals surface area contributed by atoms with Gasteiger partial charge in [-0.05, 0) is 12.3 Å². The van der Waals surface area contributed by atoms with E-state index in [0.29, 0.717) is 17.4 Å². The number of carbonyl (C=O) groups excluding carboxylic acids is 2. The van der Waals surface area contributed by atoms with E-state index < -0.39 is 12.1 Å². The average molecular weight is 498 g/mol. The number of unbranched alkanes of at least 4 members (excludes halogenated alkanes) is 15. The summed E-state index contributed by atoms with van der Waals surface area (Å²) in [7, 11) is 5.86. The van der Waals surface area contributed by atoms with Gasteiger partial charge in [-0.2, -0.15) is 0 Å². The molecular weight excluding hydrogens is 438 g/mol. The van der Waals surface area contributed by atoms with E-state index in [-0.39, 0.29) is 12.4 Å². The molecule has 0 fully saturated rings. The van der Waals surface area contributed by atoms with E-state index in [9.17, 15) is 14.7 Å². The number of esters is 1. The molecule has 5 heteroatoms. The fourth-order valence-corrected chi connectivity index (χ4v) is 4.63. The van der Waals surface area contributed by atoms with Gasteiger partial charge in [0.05, 0.1) is 21.1 Å². The Labute approximate surface area is 218 Å². The summed E-state index contributed by atoms with van der Waals surface area (Å²) in [5.41, 5.74) is 0. The Morgan fingerprint density at radius 3 is 1.49 bits per heavy atom. The second-order valence-corrected chi connectivity index (χ2v) is 11.9. The number of hydrogen-bond acceptors (Lipinski definition) is 4. The Morgan fingerprint density at radius 2 is 1.11 bits per heavy atom. The topological polar surface area (TPSA) is 66.4 Å². The van der Waals surface area contributed by atoms with Crippen LogP contribution in [0.5, 0.6) is 0 Å². The van der Waals surface area contributed by atoms with Gasteiger partial charge in [-0.25, -0.2) is 0 Å². The lowest BCUT2D eigenvalue weighted by molar-refractivity contribution is -0.873. The molecule has 35 heavy (non-hydrogen) atoms. The normalized spacial score (nSPS) is 13.5. The Balaban J connectivity index is 3.46. The highest BCUT2D eigenvalue weighted by Gasteiger charge is 2.22. The van der Waals surface area contributed by atoms with Crippen molar-refractivity contribution in [2.75, 3.05) is 27.7 Å². The Bertz CT molecular complexity index is 515. The highest BCUT2D eigenvalue weighted by molar-refractivity contribution is 5.70. The lowest BCUT2D eigenvalue weighted by atomic mass is 9.99. The monoisotopic (exact) mass is 497 g/mol. The van der Waals surface area contributed by atoms with Crippen LogP contribution in [-0.4, -0.2) is 50.2 Å². The number of hydrogen-bond donors (Lipinski definition) is 0. The number of nitrogens with zero attached hydrogens (tertiary/aromatic N) is 1. The maximum absolute atomic E-state index is 12.1. The van der Waals surface area contributed by atoms with E-state index in [0.717, 1.165) is 25.2 Å². The predicted octanol–water partition coefficient (Wildman–Crippen LogP) is 6.81. The van der Waals surface area contributed by atoms with Gasteiger partial charge < -0.3 is 19.1 Å². The first-order valence-corrected chi connectivity index (χ1v) is 14.8. The Hall–Kier alpha value is -1.10. The van der Waals surface area contributed by atoms with E-state index in [1.807, 2.05) is 21.1 Å². The fraction of sp³-hybridized carbons (Fsp3) is 0.933. The highest BCUT2D eigenvalue weighted by atomic mass is 16.5. The van der Waals surface area contributed by atoms with Crippen molar-refractivity contribution in [3.8, 4) is 0 Å². The standard InChI is InChI=1S/C30H59NO4/c1-6-27(2)23-21-19-17-15-13-11-9-7-8-10-12-14-16-18-20-22-24-30(34)35-28(25-29(32)33)26-31(3,4)5/h27-28H,6-26H2,1-5H3. The number of quaternary nitrogens is 1. The molecule has 0 amide bonds. The van der Waals surface area contributed by atoms with Gasteiger partial charge in [-0.3, -0.25) is 4.79 Å². The summed E-state index contributed by atoms with van der Waals surface area (Å²) in [6.45, 7) is 5.14. The molecular formula is C30H59NO4. The largest absolute Gasteiger partial charge is 0.550 e. The summed E-state index contributed by atoms with van der Waals surface area (Å²) < 4.78 is 5.95. The molecule has 2 atom stereocenters. The molecule has 0 radical (unpaired) electrons. The van der Waals surface area contributed by atoms with E-state index in [4.69, 9.17) is 4.74 Å². The summed E-state index contributed by atoms with van der Waals surface area (Å²) in [6.07, 6.45) is 23.2. The van der Waals surface area contributed by atoms with Gasteiger partial charge in [0.1, 0.15) is 6.54 Å². The van der Waals surface area contributed by atoms with Crippen molar-refractivity contribution in [2.45, 2.75) is 148 Å². The first kappa shape index (κ1) is 33.9. The minimum atomic E-state index is -1.17. The van der Waals surface area contributed by atoms with Crippen LogP contribution in [0.2, 0.25) is 0 Å². The predicted molar refractivity (Wildman–Crippen MR) is 145 cm³/mol. The molecule has 0 aromatic carbocycles. The lowest BCUT2D eigenvalue weighted by Crippen LogP contribution is -2.45. The number of aliphatic carboxylic acids is 1. The van der Waals surface area contributed by atoms with Gasteiger partial charge in [-0.1, -0.05) is 123 Å². The van der Waals surface area contributed by atoms with Gasteiger partial charge >= 0.3 is 5.97 Å². The van der Waals surface area contributed by atoms with Crippen molar-refractivity contribution in [1.82, 2.24) is 0 Å². The van der Waals surface area contributed by atoms with Crippen LogP contribution in [-0.2, 0) is 14.3 Å². The molecule has 2 unspecified atom stereocenters. The van der Waals surface area contributed by atoms with Gasteiger partial charge in [0, 0.05) is 18.8 Å². The summed E-state index contributed by atoms with van der Waals surface area (Å²) in [4.78, 5) is 23.0. The number of carboxylic acids is 1. The molecule has 0 aliphatic heterocycles. The zero-order valence-electron chi connectivity index (χ0n) is 24.1. The first-order valence-electron chi connectivity index (χ1n) is 14.8. The van der Waals surface area contributed by atoms with Crippen LogP contribution in [0.25, 0.3) is 0 Å². The van der Waals surface area contributed by atoms with Crippen LogP contribution >= 0.6 is 0 Å². The number of carbonyl (C=O) groups is 2. The number of carboxylic acid groups (broad SMARTS) is 1. The molecule has 0 aliphatic rings. The van der Waals surface area contributed by atoms with Gasteiger partial charge in [0.2, 0.25) is 0 Å². The molecule has 0 aromatic heterocycles. The quantitative estimate of drug-likeness (QED) is 0.0789. The molecule has 0 saturated heterocycles. The van der Waals surface area contributed by atoms with E-state index in [1.54, 1.807) is 0 Å². The number of ether oxygens (including phenoxy) is 1. The third kappa shape index (κ3) is 25.8. The van der Waals surface area contributed by atoms with Crippen LogP contribution in [0.15, 0.2) is 0 Å². The fourth-order valence-electron chi connectivity index (χ4n) is 4.63. The summed E-state index contributed by atoms with van der Waals surface area (Å²) in [5.74, 6) is -0.547. The zero-order chi connectivity index (χ0) is 26.4. The summed E-state index contributed by atoms with van der Waals surface area (Å²) in [5, 5.41) is 10.9. The van der Waals surface area contributed by atoms with Crippen molar-refractivity contribution < 1.29 is 23.9 Å². The summed E-state index contributed by atoms with van der Waals surface area (Å²) >= 11 is 0. The van der Waals surface area contributed by atoms with Crippen LogP contribution < -0.4 is 5.11 Å². The molecule has 0 spiro atoms. The highest BCUT2D eigenvalue weighted by Crippen LogP contribution is 2.16. The number of rotatable bonds is 25. The maximum Gasteiger partial charge on any atom is 0.306 e. The second kappa shape index (κ2) is 22.1. The second-order valence-electron chi connectivity index (χ2n) is 11.9. The molecule has 0 rings (SSSR count). The zero-order valence-corrected chi connectivity index (χ0v) is 24.1. The van der Waals surface area contributed by atoms with Gasteiger partial charge in [0.25, 0.3) is 0 Å². The summed E-state index contributed by atoms with van der Waals surface area (Å²) in [6, 6.07) is 0. The molecule has 0 aliphatic carbocycles. The Kier molecular flexibility index (Phi) is 21.4. The van der Waals surface area contributed by atoms with Crippen molar-refractivity contribution in [1.29, 1.82) is 0 Å². The minimum Gasteiger partial charge on any atom is -0.550 e. The van der Waals surface area contributed by atoms with E-state index in [2.05, 4.69) is 13.8 Å². The first-order chi connectivity index (χ1) is 16.6. The van der Waals surface area contributed by atoms with Gasteiger partial charge in [-0.15, -0.1) is 0 Å². The van der Waals surface area contributed by atoms with Crippen LogP contribution in [0.3, 0.4) is 0 Å². The molecule has 0 heterocycles. The minimum absolute atomic E-state index is 0.236. The lowest BCUT2D eigenvalue weighted by Gasteiger charge is -2.29. The van der Waals surface area contributed by atoms with Crippen molar-refractivity contribution in [3.63, 3.8) is 0 Å². The average Bonchev–Trinajstić information content (AvgIpc) is 2.76. The molecule has 208 valence electrons.